The van der Waals surface area contributed by atoms with E-state index in [1.54, 1.807) is 36.4 Å². The summed E-state index contributed by atoms with van der Waals surface area (Å²) in [6.07, 6.45) is 0. The number of pyridine rings is 1. The first-order valence-corrected chi connectivity index (χ1v) is 9.11. The molecule has 0 aliphatic carbocycles. The van der Waals surface area contributed by atoms with E-state index in [1.807, 2.05) is 0 Å². The lowest BCUT2D eigenvalue weighted by atomic mass is 10.1. The maximum Gasteiger partial charge on any atom is 0.338 e. The molecule has 0 aliphatic heterocycles. The van der Waals surface area contributed by atoms with E-state index in [2.05, 4.69) is 10.3 Å². The number of halogens is 2. The number of carbonyl (C=O) groups excluding carboxylic acids is 2. The van der Waals surface area contributed by atoms with Crippen molar-refractivity contribution in [3.05, 3.63) is 58.2 Å². The van der Waals surface area contributed by atoms with Gasteiger partial charge >= 0.3 is 5.97 Å². The maximum absolute atomic E-state index is 12.3. The molecule has 0 spiro atoms. The molecule has 0 atom stereocenters. The number of carbonyl (C=O) groups is 2. The van der Waals surface area contributed by atoms with E-state index < -0.39 is 18.5 Å². The standard InChI is InChI=1S/C20H16Cl2N2O5/c1-27-16-9-17(28-2)15(8-13(16)21)24-19(25)10-29-20(26)12-3-5-14-11(7-12)4-6-18(22)23-14/h3-9H,10H2,1-2H3,(H,24,25). The summed E-state index contributed by atoms with van der Waals surface area (Å²) in [5.41, 5.74) is 1.27. The van der Waals surface area contributed by atoms with Crippen LogP contribution in [0.3, 0.4) is 0 Å². The Hall–Kier alpha value is -3.03. The van der Waals surface area contributed by atoms with Crippen molar-refractivity contribution in [3.8, 4) is 11.5 Å². The maximum atomic E-state index is 12.3. The first kappa shape index (κ1) is 20.7. The van der Waals surface area contributed by atoms with Crippen LogP contribution in [0.1, 0.15) is 10.4 Å². The average molecular weight is 435 g/mol. The SMILES string of the molecule is COc1cc(OC)c(NC(=O)COC(=O)c2ccc3nc(Cl)ccc3c2)cc1Cl. The molecule has 2 aromatic carbocycles. The summed E-state index contributed by atoms with van der Waals surface area (Å²) >= 11 is 11.9. The first-order valence-electron chi connectivity index (χ1n) is 8.36. The fraction of sp³-hybridized carbons (Fsp3) is 0.150. The predicted molar refractivity (Wildman–Crippen MR) is 110 cm³/mol. The van der Waals surface area contributed by atoms with Crippen LogP contribution in [0.2, 0.25) is 10.2 Å². The Morgan fingerprint density at radius 2 is 1.76 bits per heavy atom. The number of nitrogens with zero attached hydrogens (tertiary/aromatic N) is 1. The molecule has 1 amide bonds. The minimum atomic E-state index is -0.642. The minimum Gasteiger partial charge on any atom is -0.495 e. The van der Waals surface area contributed by atoms with Gasteiger partial charge in [0, 0.05) is 11.5 Å². The van der Waals surface area contributed by atoms with Crippen molar-refractivity contribution in [2.24, 2.45) is 0 Å². The Balaban J connectivity index is 1.65. The predicted octanol–water partition coefficient (Wildman–Crippen LogP) is 4.35. The van der Waals surface area contributed by atoms with Crippen LogP contribution in [0.15, 0.2) is 42.5 Å². The zero-order valence-electron chi connectivity index (χ0n) is 15.5. The summed E-state index contributed by atoms with van der Waals surface area (Å²) in [4.78, 5) is 28.6. The number of amides is 1. The van der Waals surface area contributed by atoms with Crippen LogP contribution in [-0.2, 0) is 9.53 Å². The second kappa shape index (κ2) is 8.98. The third-order valence-electron chi connectivity index (χ3n) is 3.97. The molecule has 0 saturated carbocycles. The lowest BCUT2D eigenvalue weighted by molar-refractivity contribution is -0.119. The van der Waals surface area contributed by atoms with E-state index in [0.29, 0.717) is 38.4 Å². The average Bonchev–Trinajstić information content (AvgIpc) is 2.71. The van der Waals surface area contributed by atoms with Gasteiger partial charge in [-0.05, 0) is 36.4 Å². The zero-order chi connectivity index (χ0) is 21.0. The van der Waals surface area contributed by atoms with Gasteiger partial charge in [0.1, 0.15) is 16.7 Å². The molecule has 150 valence electrons. The number of hydrogen-bond donors (Lipinski definition) is 1. The molecule has 0 bridgehead atoms. The molecule has 0 aliphatic rings. The van der Waals surface area contributed by atoms with E-state index >= 15 is 0 Å². The highest BCUT2D eigenvalue weighted by Crippen LogP contribution is 2.35. The summed E-state index contributed by atoms with van der Waals surface area (Å²) in [5, 5.41) is 3.97. The van der Waals surface area contributed by atoms with Crippen LogP contribution in [0.4, 0.5) is 5.69 Å². The Kier molecular flexibility index (Phi) is 6.41. The second-order valence-corrected chi connectivity index (χ2v) is 6.65. The van der Waals surface area contributed by atoms with Crippen LogP contribution >= 0.6 is 23.2 Å². The van der Waals surface area contributed by atoms with Gasteiger partial charge in [0.2, 0.25) is 0 Å². The van der Waals surface area contributed by atoms with Crippen LogP contribution in [0.25, 0.3) is 10.9 Å². The van der Waals surface area contributed by atoms with Gasteiger partial charge in [-0.25, -0.2) is 9.78 Å². The molecule has 29 heavy (non-hydrogen) atoms. The Bertz CT molecular complexity index is 1090. The summed E-state index contributed by atoms with van der Waals surface area (Å²) < 4.78 is 15.4. The summed E-state index contributed by atoms with van der Waals surface area (Å²) in [7, 11) is 2.91. The minimum absolute atomic E-state index is 0.291. The molecule has 9 heteroatoms. The smallest absolute Gasteiger partial charge is 0.338 e. The highest BCUT2D eigenvalue weighted by molar-refractivity contribution is 6.32. The molecule has 7 nitrogen and oxygen atoms in total. The number of methoxy groups -OCH3 is 2. The third-order valence-corrected chi connectivity index (χ3v) is 4.48. The fourth-order valence-electron chi connectivity index (χ4n) is 2.59. The van der Waals surface area contributed by atoms with Gasteiger partial charge in [-0.3, -0.25) is 4.79 Å². The van der Waals surface area contributed by atoms with Crippen molar-refractivity contribution < 1.29 is 23.8 Å². The number of hydrogen-bond acceptors (Lipinski definition) is 6. The highest BCUT2D eigenvalue weighted by atomic mass is 35.5. The van der Waals surface area contributed by atoms with Crippen molar-refractivity contribution in [1.29, 1.82) is 0 Å². The van der Waals surface area contributed by atoms with Gasteiger partial charge < -0.3 is 19.5 Å². The van der Waals surface area contributed by atoms with Gasteiger partial charge in [0.25, 0.3) is 5.91 Å². The van der Waals surface area contributed by atoms with E-state index in [0.717, 1.165) is 5.39 Å². The van der Waals surface area contributed by atoms with Crippen molar-refractivity contribution in [2.45, 2.75) is 0 Å². The number of nitrogens with one attached hydrogen (secondary N) is 1. The number of aromatic nitrogens is 1. The number of esters is 1. The molecule has 3 aromatic rings. The summed E-state index contributed by atoms with van der Waals surface area (Å²) in [5.74, 6) is -0.435. The second-order valence-electron chi connectivity index (χ2n) is 5.85. The van der Waals surface area contributed by atoms with Gasteiger partial charge in [0.05, 0.1) is 36.0 Å². The molecule has 0 saturated heterocycles. The molecule has 0 radical (unpaired) electrons. The number of fused-ring (bicyclic) bond motifs is 1. The van der Waals surface area contributed by atoms with Crippen molar-refractivity contribution >= 4 is 51.7 Å². The Morgan fingerprint density at radius 1 is 1.00 bits per heavy atom. The van der Waals surface area contributed by atoms with E-state index in [1.165, 1.54) is 20.3 Å². The van der Waals surface area contributed by atoms with Crippen molar-refractivity contribution in [3.63, 3.8) is 0 Å². The van der Waals surface area contributed by atoms with Crippen LogP contribution < -0.4 is 14.8 Å². The molecular weight excluding hydrogens is 419 g/mol. The lowest BCUT2D eigenvalue weighted by Gasteiger charge is -2.13. The van der Waals surface area contributed by atoms with Crippen LogP contribution in [0.5, 0.6) is 11.5 Å². The van der Waals surface area contributed by atoms with Gasteiger partial charge in [0.15, 0.2) is 6.61 Å². The number of benzene rings is 2. The first-order chi connectivity index (χ1) is 13.9. The van der Waals surface area contributed by atoms with E-state index in [4.69, 9.17) is 37.4 Å². The quantitative estimate of drug-likeness (QED) is 0.458. The number of anilines is 1. The third kappa shape index (κ3) is 4.88. The number of ether oxygens (including phenoxy) is 3. The van der Waals surface area contributed by atoms with Crippen molar-refractivity contribution in [1.82, 2.24) is 4.98 Å². The fourth-order valence-corrected chi connectivity index (χ4v) is 2.98. The van der Waals surface area contributed by atoms with Crippen LogP contribution in [-0.4, -0.2) is 37.7 Å². The Morgan fingerprint density at radius 3 is 2.48 bits per heavy atom. The number of rotatable bonds is 6. The summed E-state index contributed by atoms with van der Waals surface area (Å²) in [6.45, 7) is -0.484. The molecule has 3 rings (SSSR count). The topological polar surface area (TPSA) is 86.8 Å². The molecule has 1 heterocycles. The van der Waals surface area contributed by atoms with Gasteiger partial charge in [-0.1, -0.05) is 23.2 Å². The summed E-state index contributed by atoms with van der Waals surface area (Å²) in [6, 6.07) is 11.2. The molecule has 0 fully saturated rings. The normalized spacial score (nSPS) is 10.5. The van der Waals surface area contributed by atoms with Gasteiger partial charge in [-0.2, -0.15) is 0 Å². The zero-order valence-corrected chi connectivity index (χ0v) is 17.0. The molecular formula is C20H16Cl2N2O5. The monoisotopic (exact) mass is 434 g/mol. The van der Waals surface area contributed by atoms with Crippen molar-refractivity contribution in [2.75, 3.05) is 26.1 Å². The van der Waals surface area contributed by atoms with Gasteiger partial charge in [-0.15, -0.1) is 0 Å². The molecule has 1 aromatic heterocycles. The lowest BCUT2D eigenvalue weighted by Crippen LogP contribution is -2.21. The van der Waals surface area contributed by atoms with E-state index in [9.17, 15) is 9.59 Å². The highest BCUT2D eigenvalue weighted by Gasteiger charge is 2.15. The van der Waals surface area contributed by atoms with E-state index in [-0.39, 0.29) is 0 Å². The molecule has 0 unspecified atom stereocenters. The van der Waals surface area contributed by atoms with Crippen LogP contribution in [0, 0.1) is 0 Å². The molecule has 1 N–H and O–H groups in total. The Labute approximate surface area is 176 Å². The largest absolute Gasteiger partial charge is 0.495 e.